The average molecular weight is 242 g/mol. The van der Waals surface area contributed by atoms with Crippen LogP contribution in [0.1, 0.15) is 17.6 Å². The average Bonchev–Trinajstić information content (AvgIpc) is 2.64. The third-order valence-corrected chi connectivity index (χ3v) is 3.07. The molecule has 1 aromatic heterocycles. The lowest BCUT2D eigenvalue weighted by atomic mass is 10.3. The predicted molar refractivity (Wildman–Crippen MR) is 60.5 cm³/mol. The first-order valence-corrected chi connectivity index (χ1v) is 5.80. The topological polar surface area (TPSA) is 70.5 Å². The highest BCUT2D eigenvalue weighted by Gasteiger charge is 2.14. The molecule has 0 spiro atoms. The van der Waals surface area contributed by atoms with Crippen LogP contribution in [-0.2, 0) is 22.4 Å². The van der Waals surface area contributed by atoms with Crippen molar-refractivity contribution in [1.82, 2.24) is 9.88 Å². The lowest BCUT2D eigenvalue weighted by Crippen LogP contribution is -2.33. The molecule has 0 saturated heterocycles. The Labute approximate surface area is 97.7 Å². The third-order valence-electron chi connectivity index (χ3n) is 2.03. The number of aromatic nitrogens is 1. The molecule has 0 unspecified atom stereocenters. The third kappa shape index (κ3) is 3.62. The van der Waals surface area contributed by atoms with Crippen molar-refractivity contribution >= 4 is 23.2 Å². The van der Waals surface area contributed by atoms with Crippen molar-refractivity contribution in [2.45, 2.75) is 19.8 Å². The number of carboxylic acid groups (broad SMARTS) is 1. The quantitative estimate of drug-likeness (QED) is 0.828. The first kappa shape index (κ1) is 12.6. The van der Waals surface area contributed by atoms with Gasteiger partial charge in [-0.25, -0.2) is 4.98 Å². The monoisotopic (exact) mass is 242 g/mol. The number of amides is 1. The fraction of sp³-hybridized carbons (Fsp3) is 0.500. The first-order chi connectivity index (χ1) is 7.52. The molecule has 1 amide bonds. The van der Waals surface area contributed by atoms with Crippen LogP contribution >= 0.6 is 11.3 Å². The van der Waals surface area contributed by atoms with E-state index in [-0.39, 0.29) is 18.9 Å². The van der Waals surface area contributed by atoms with Crippen LogP contribution in [0.15, 0.2) is 5.38 Å². The zero-order valence-electron chi connectivity index (χ0n) is 9.27. The van der Waals surface area contributed by atoms with Crippen molar-refractivity contribution in [2.75, 3.05) is 13.6 Å². The van der Waals surface area contributed by atoms with E-state index in [1.54, 1.807) is 0 Å². The Balaban J connectivity index is 2.53. The van der Waals surface area contributed by atoms with Crippen molar-refractivity contribution in [3.8, 4) is 0 Å². The van der Waals surface area contributed by atoms with Crippen LogP contribution in [0.3, 0.4) is 0 Å². The summed E-state index contributed by atoms with van der Waals surface area (Å²) in [6, 6.07) is 0. The van der Waals surface area contributed by atoms with Crippen LogP contribution < -0.4 is 0 Å². The van der Waals surface area contributed by atoms with Gasteiger partial charge in [0.2, 0.25) is 5.91 Å². The maximum absolute atomic E-state index is 11.6. The summed E-state index contributed by atoms with van der Waals surface area (Å²) in [4.78, 5) is 27.4. The molecule has 6 heteroatoms. The van der Waals surface area contributed by atoms with Gasteiger partial charge in [-0.1, -0.05) is 6.92 Å². The van der Waals surface area contributed by atoms with Gasteiger partial charge in [0.15, 0.2) is 0 Å². The number of carbonyl (C=O) groups excluding carboxylic acids is 1. The maximum atomic E-state index is 11.6. The molecule has 88 valence electrons. The molecule has 0 aromatic carbocycles. The zero-order valence-corrected chi connectivity index (χ0v) is 10.1. The lowest BCUT2D eigenvalue weighted by molar-refractivity contribution is -0.143. The van der Waals surface area contributed by atoms with Crippen molar-refractivity contribution in [3.63, 3.8) is 0 Å². The highest BCUT2D eigenvalue weighted by Crippen LogP contribution is 2.11. The van der Waals surface area contributed by atoms with E-state index in [1.807, 2.05) is 12.3 Å². The number of nitrogens with zero attached hydrogens (tertiary/aromatic N) is 2. The van der Waals surface area contributed by atoms with Crippen molar-refractivity contribution in [1.29, 1.82) is 0 Å². The predicted octanol–water partition coefficient (Wildman–Crippen LogP) is 0.791. The molecule has 0 aliphatic rings. The normalized spacial score (nSPS) is 10.1. The van der Waals surface area contributed by atoms with Crippen molar-refractivity contribution in [3.05, 3.63) is 16.1 Å². The number of likely N-dealkylation sites (N-methyl/N-ethyl adjacent to an activating group) is 1. The molecule has 16 heavy (non-hydrogen) atoms. The molecular weight excluding hydrogens is 228 g/mol. The van der Waals surface area contributed by atoms with E-state index in [0.717, 1.165) is 11.4 Å². The van der Waals surface area contributed by atoms with Crippen LogP contribution in [0.2, 0.25) is 0 Å². The molecule has 0 fully saturated rings. The summed E-state index contributed by atoms with van der Waals surface area (Å²) in [7, 11) is 1.48. The summed E-state index contributed by atoms with van der Waals surface area (Å²) in [6.45, 7) is 1.73. The molecule has 0 bridgehead atoms. The summed E-state index contributed by atoms with van der Waals surface area (Å²) in [5, 5.41) is 11.4. The molecule has 1 aromatic rings. The number of thiazole rings is 1. The number of rotatable bonds is 5. The minimum atomic E-state index is -1.01. The minimum absolute atomic E-state index is 0.167. The van der Waals surface area contributed by atoms with Crippen molar-refractivity contribution in [2.24, 2.45) is 0 Å². The Morgan fingerprint density at radius 2 is 2.25 bits per heavy atom. The van der Waals surface area contributed by atoms with E-state index in [9.17, 15) is 9.59 Å². The molecule has 1 rings (SSSR count). The number of carbonyl (C=O) groups is 2. The van der Waals surface area contributed by atoms with E-state index >= 15 is 0 Å². The first-order valence-electron chi connectivity index (χ1n) is 4.92. The van der Waals surface area contributed by atoms with Crippen LogP contribution in [0.25, 0.3) is 0 Å². The fourth-order valence-corrected chi connectivity index (χ4v) is 1.92. The number of carboxylic acids is 1. The van der Waals surface area contributed by atoms with E-state index in [0.29, 0.717) is 5.69 Å². The standard InChI is InChI=1S/C10H14N2O3S/c1-3-8-11-7(6-16-8)4-9(13)12(2)5-10(14)15/h6H,3-5H2,1-2H3,(H,14,15). The molecule has 5 nitrogen and oxygen atoms in total. The largest absolute Gasteiger partial charge is 0.480 e. The zero-order chi connectivity index (χ0) is 12.1. The second-order valence-electron chi connectivity index (χ2n) is 3.41. The van der Waals surface area contributed by atoms with Gasteiger partial charge < -0.3 is 10.0 Å². The van der Waals surface area contributed by atoms with Gasteiger partial charge in [-0.05, 0) is 6.42 Å². The Morgan fingerprint density at radius 3 is 2.75 bits per heavy atom. The molecule has 0 saturated carbocycles. The Kier molecular flexibility index (Phi) is 4.42. The summed E-state index contributed by atoms with van der Waals surface area (Å²) in [6.07, 6.45) is 1.02. The Morgan fingerprint density at radius 1 is 1.56 bits per heavy atom. The molecule has 0 aliphatic heterocycles. The van der Waals surface area contributed by atoms with Gasteiger partial charge in [0, 0.05) is 12.4 Å². The SMILES string of the molecule is CCc1nc(CC(=O)N(C)CC(=O)O)cs1. The minimum Gasteiger partial charge on any atom is -0.480 e. The fourth-order valence-electron chi connectivity index (χ4n) is 1.17. The smallest absolute Gasteiger partial charge is 0.323 e. The van der Waals surface area contributed by atoms with Crippen LogP contribution in [0.5, 0.6) is 0 Å². The maximum Gasteiger partial charge on any atom is 0.323 e. The number of aryl methyl sites for hydroxylation is 1. The second-order valence-corrected chi connectivity index (χ2v) is 4.35. The van der Waals surface area contributed by atoms with E-state index in [4.69, 9.17) is 5.11 Å². The van der Waals surface area contributed by atoms with Gasteiger partial charge in [-0.2, -0.15) is 0 Å². The van der Waals surface area contributed by atoms with E-state index in [2.05, 4.69) is 4.98 Å². The second kappa shape index (κ2) is 5.60. The van der Waals surface area contributed by atoms with Gasteiger partial charge in [0.25, 0.3) is 0 Å². The van der Waals surface area contributed by atoms with Crippen LogP contribution in [0.4, 0.5) is 0 Å². The highest BCUT2D eigenvalue weighted by molar-refractivity contribution is 7.09. The molecular formula is C10H14N2O3S. The molecule has 0 aliphatic carbocycles. The highest BCUT2D eigenvalue weighted by atomic mass is 32.1. The molecule has 0 radical (unpaired) electrons. The number of hydrogen-bond donors (Lipinski definition) is 1. The lowest BCUT2D eigenvalue weighted by Gasteiger charge is -2.13. The number of aliphatic carboxylic acids is 1. The van der Waals surface area contributed by atoms with Gasteiger partial charge in [0.1, 0.15) is 6.54 Å². The van der Waals surface area contributed by atoms with Gasteiger partial charge >= 0.3 is 5.97 Å². The summed E-state index contributed by atoms with van der Waals surface area (Å²) in [5.41, 5.74) is 0.712. The summed E-state index contributed by atoms with van der Waals surface area (Å²) < 4.78 is 0. The summed E-state index contributed by atoms with van der Waals surface area (Å²) >= 11 is 1.52. The van der Waals surface area contributed by atoms with Crippen LogP contribution in [0, 0.1) is 0 Å². The molecule has 1 heterocycles. The molecule has 0 atom stereocenters. The van der Waals surface area contributed by atoms with Gasteiger partial charge in [-0.3, -0.25) is 9.59 Å². The van der Waals surface area contributed by atoms with E-state index in [1.165, 1.54) is 23.3 Å². The Bertz CT molecular complexity index is 389. The molecule has 1 N–H and O–H groups in total. The van der Waals surface area contributed by atoms with Crippen molar-refractivity contribution < 1.29 is 14.7 Å². The number of hydrogen-bond acceptors (Lipinski definition) is 4. The van der Waals surface area contributed by atoms with E-state index < -0.39 is 5.97 Å². The van der Waals surface area contributed by atoms with Gasteiger partial charge in [-0.15, -0.1) is 11.3 Å². The Hall–Kier alpha value is -1.43. The summed E-state index contributed by atoms with van der Waals surface area (Å²) in [5.74, 6) is -1.24. The van der Waals surface area contributed by atoms with Gasteiger partial charge in [0.05, 0.1) is 17.1 Å². The van der Waals surface area contributed by atoms with Crippen LogP contribution in [-0.4, -0.2) is 40.5 Å².